The average molecular weight is 591 g/mol. The van der Waals surface area contributed by atoms with Crippen molar-refractivity contribution in [1.82, 2.24) is 9.13 Å². The highest BCUT2D eigenvalue weighted by Gasteiger charge is 2.18. The molecular weight excluding hydrogens is 556 g/mol. The summed E-state index contributed by atoms with van der Waals surface area (Å²) in [5, 5.41) is 5.06. The van der Waals surface area contributed by atoms with E-state index in [0.29, 0.717) is 0 Å². The lowest BCUT2D eigenvalue weighted by atomic mass is 10.1. The first-order valence-electron chi connectivity index (χ1n) is 16.1. The van der Waals surface area contributed by atoms with Crippen LogP contribution in [0.5, 0.6) is 0 Å². The second-order valence-electron chi connectivity index (χ2n) is 11.4. The predicted molar refractivity (Wildman–Crippen MR) is 197 cm³/mol. The van der Waals surface area contributed by atoms with Crippen molar-refractivity contribution in [2.24, 2.45) is 0 Å². The Hall–Kier alpha value is -5.86. The molecule has 0 radical (unpaired) electrons. The van der Waals surface area contributed by atoms with Crippen LogP contribution in [0, 0.1) is 0 Å². The van der Waals surface area contributed by atoms with Crippen molar-refractivity contribution in [3.05, 3.63) is 170 Å². The molecule has 7 aromatic carbocycles. The summed E-state index contributed by atoms with van der Waals surface area (Å²) < 4.78 is 4.83. The van der Waals surface area contributed by atoms with Gasteiger partial charge in [-0.05, 0) is 70.8 Å². The molecule has 0 amide bonds. The zero-order valence-electron chi connectivity index (χ0n) is 26.1. The zero-order valence-corrected chi connectivity index (χ0v) is 26.1. The van der Waals surface area contributed by atoms with Crippen molar-refractivity contribution in [1.29, 1.82) is 0 Å². The van der Waals surface area contributed by atoms with Gasteiger partial charge >= 0.3 is 0 Å². The Kier molecular flexibility index (Phi) is 6.96. The van der Waals surface area contributed by atoms with Crippen molar-refractivity contribution in [3.63, 3.8) is 0 Å². The Labute approximate surface area is 269 Å². The summed E-state index contributed by atoms with van der Waals surface area (Å²) in [5.74, 6) is 0. The summed E-state index contributed by atoms with van der Waals surface area (Å²) in [6, 6.07) is 61.4. The minimum atomic E-state index is 1.16. The Morgan fingerprint density at radius 3 is 1.04 bits per heavy atom. The number of para-hydroxylation sites is 2. The van der Waals surface area contributed by atoms with Crippen LogP contribution in [0.3, 0.4) is 0 Å². The number of fused-ring (bicyclic) bond motifs is 6. The van der Waals surface area contributed by atoms with Gasteiger partial charge in [0.25, 0.3) is 0 Å². The Morgan fingerprint density at radius 2 is 0.630 bits per heavy atom. The summed E-state index contributed by atoms with van der Waals surface area (Å²) in [6.45, 7) is 4.00. The molecule has 9 rings (SSSR count). The van der Waals surface area contributed by atoms with Crippen LogP contribution in [0.2, 0.25) is 0 Å². The fraction of sp³-hybridized carbons (Fsp3) is 0.0455. The molecule has 2 heteroatoms. The Balaban J connectivity index is 0.00000153. The van der Waals surface area contributed by atoms with Crippen molar-refractivity contribution in [2.45, 2.75) is 13.8 Å². The molecule has 2 nitrogen and oxygen atoms in total. The van der Waals surface area contributed by atoms with Gasteiger partial charge in [0.05, 0.1) is 22.1 Å². The van der Waals surface area contributed by atoms with Gasteiger partial charge in [-0.1, -0.05) is 135 Å². The molecule has 0 fully saturated rings. The number of rotatable bonds is 4. The Morgan fingerprint density at radius 1 is 0.283 bits per heavy atom. The van der Waals surface area contributed by atoms with Gasteiger partial charge < -0.3 is 9.13 Å². The van der Waals surface area contributed by atoms with E-state index in [4.69, 9.17) is 0 Å². The van der Waals surface area contributed by atoms with Crippen molar-refractivity contribution in [2.75, 3.05) is 0 Å². The maximum absolute atomic E-state index is 2.42. The van der Waals surface area contributed by atoms with E-state index >= 15 is 0 Å². The summed E-state index contributed by atoms with van der Waals surface area (Å²) in [4.78, 5) is 0. The van der Waals surface area contributed by atoms with Crippen LogP contribution in [-0.2, 0) is 0 Å². The average Bonchev–Trinajstić information content (AvgIpc) is 3.64. The van der Waals surface area contributed by atoms with E-state index in [-0.39, 0.29) is 0 Å². The highest BCUT2D eigenvalue weighted by atomic mass is 15.0. The number of hydrogen-bond acceptors (Lipinski definition) is 0. The van der Waals surface area contributed by atoms with Gasteiger partial charge in [0.15, 0.2) is 0 Å². The molecule has 2 aromatic heterocycles. The molecule has 0 unspecified atom stereocenters. The monoisotopic (exact) mass is 590 g/mol. The predicted octanol–water partition coefficient (Wildman–Crippen LogP) is 12.2. The molecule has 0 saturated carbocycles. The smallest absolute Gasteiger partial charge is 0.0562 e. The molecule has 2 heterocycles. The molecule has 0 spiro atoms. The first-order valence-corrected chi connectivity index (χ1v) is 16.1. The number of hydrogen-bond donors (Lipinski definition) is 0. The third-order valence-corrected chi connectivity index (χ3v) is 8.93. The van der Waals surface area contributed by atoms with E-state index in [1.165, 1.54) is 65.9 Å². The standard InChI is InChI=1S/C42H28N2.C2H6/c1-3-11-29(12-4-1)31-19-23-33(24-20-31)43-39-17-9-7-15-35(39)37-27-38-36-16-8-10-18-40(36)44(42(38)28-41(37)43)34-25-21-32(22-26-34)30-13-5-2-6-14-30;1-2/h1-28H;1-2H3. The lowest BCUT2D eigenvalue weighted by Gasteiger charge is -2.11. The Bertz CT molecular complexity index is 2270. The molecule has 0 aliphatic carbocycles. The molecule has 9 aromatic rings. The third-order valence-electron chi connectivity index (χ3n) is 8.93. The summed E-state index contributed by atoms with van der Waals surface area (Å²) in [5.41, 5.74) is 12.0. The minimum absolute atomic E-state index is 1.16. The fourth-order valence-electron chi connectivity index (χ4n) is 6.85. The maximum atomic E-state index is 2.42. The number of benzene rings is 7. The van der Waals surface area contributed by atoms with E-state index < -0.39 is 0 Å². The fourth-order valence-corrected chi connectivity index (χ4v) is 6.85. The molecule has 0 bridgehead atoms. The van der Waals surface area contributed by atoms with Gasteiger partial charge in [-0.15, -0.1) is 0 Å². The van der Waals surface area contributed by atoms with Crippen molar-refractivity contribution < 1.29 is 0 Å². The highest BCUT2D eigenvalue weighted by Crippen LogP contribution is 2.40. The zero-order chi connectivity index (χ0) is 31.0. The molecule has 220 valence electrons. The first-order chi connectivity index (χ1) is 22.8. The van der Waals surface area contributed by atoms with Crippen LogP contribution < -0.4 is 0 Å². The molecule has 46 heavy (non-hydrogen) atoms. The van der Waals surface area contributed by atoms with E-state index in [1.54, 1.807) is 0 Å². The second kappa shape index (κ2) is 11.6. The normalized spacial score (nSPS) is 11.3. The lowest BCUT2D eigenvalue weighted by Crippen LogP contribution is -1.96. The number of nitrogens with zero attached hydrogens (tertiary/aromatic N) is 2. The summed E-state index contributed by atoms with van der Waals surface area (Å²) >= 11 is 0. The van der Waals surface area contributed by atoms with E-state index in [1.807, 2.05) is 13.8 Å². The minimum Gasteiger partial charge on any atom is -0.309 e. The topological polar surface area (TPSA) is 9.86 Å². The lowest BCUT2D eigenvalue weighted by molar-refractivity contribution is 1.16. The quantitative estimate of drug-likeness (QED) is 0.193. The molecular formula is C44H34N2. The molecule has 0 aliphatic heterocycles. The van der Waals surface area contributed by atoms with Gasteiger partial charge in [0, 0.05) is 32.9 Å². The van der Waals surface area contributed by atoms with Gasteiger partial charge in [-0.25, -0.2) is 0 Å². The first kappa shape index (κ1) is 27.7. The maximum Gasteiger partial charge on any atom is 0.0562 e. The summed E-state index contributed by atoms with van der Waals surface area (Å²) in [7, 11) is 0. The molecule has 0 aliphatic rings. The largest absolute Gasteiger partial charge is 0.309 e. The van der Waals surface area contributed by atoms with E-state index in [2.05, 4.69) is 179 Å². The van der Waals surface area contributed by atoms with E-state index in [0.717, 1.165) is 11.4 Å². The molecule has 0 atom stereocenters. The second-order valence-corrected chi connectivity index (χ2v) is 11.4. The van der Waals surface area contributed by atoms with Gasteiger partial charge in [-0.3, -0.25) is 0 Å². The van der Waals surface area contributed by atoms with Gasteiger partial charge in [0.1, 0.15) is 0 Å². The van der Waals surface area contributed by atoms with Crippen LogP contribution >= 0.6 is 0 Å². The van der Waals surface area contributed by atoms with Crippen molar-refractivity contribution in [3.8, 4) is 33.6 Å². The van der Waals surface area contributed by atoms with Crippen LogP contribution in [0.25, 0.3) is 77.2 Å². The third kappa shape index (κ3) is 4.50. The summed E-state index contributed by atoms with van der Waals surface area (Å²) in [6.07, 6.45) is 0. The van der Waals surface area contributed by atoms with Gasteiger partial charge in [0.2, 0.25) is 0 Å². The molecule has 0 saturated heterocycles. The van der Waals surface area contributed by atoms with E-state index in [9.17, 15) is 0 Å². The van der Waals surface area contributed by atoms with Crippen molar-refractivity contribution >= 4 is 43.6 Å². The highest BCUT2D eigenvalue weighted by molar-refractivity contribution is 6.19. The van der Waals surface area contributed by atoms with Crippen LogP contribution in [-0.4, -0.2) is 9.13 Å². The molecule has 0 N–H and O–H groups in total. The van der Waals surface area contributed by atoms with Crippen LogP contribution in [0.1, 0.15) is 13.8 Å². The van der Waals surface area contributed by atoms with Crippen LogP contribution in [0.15, 0.2) is 170 Å². The van der Waals surface area contributed by atoms with Gasteiger partial charge in [-0.2, -0.15) is 0 Å². The van der Waals surface area contributed by atoms with Crippen LogP contribution in [0.4, 0.5) is 0 Å². The number of aromatic nitrogens is 2. The SMILES string of the molecule is CC.c1ccc(-c2ccc(-n3c4ccccc4c4cc5c6ccccc6n(-c6ccc(-c7ccccc7)cc6)c5cc43)cc2)cc1.